The fourth-order valence-electron chi connectivity index (χ4n) is 2.79. The zero-order chi connectivity index (χ0) is 17.7. The van der Waals surface area contributed by atoms with Crippen LogP contribution in [0.25, 0.3) is 0 Å². The smallest absolute Gasteiger partial charge is 0.271 e. The number of carbonyl (C=O) groups is 1. The Morgan fingerprint density at radius 2 is 1.83 bits per heavy atom. The Hall–Kier alpha value is -2.43. The predicted molar refractivity (Wildman–Crippen MR) is 95.2 cm³/mol. The molecule has 0 spiro atoms. The van der Waals surface area contributed by atoms with E-state index >= 15 is 0 Å². The molecule has 1 heterocycles. The summed E-state index contributed by atoms with van der Waals surface area (Å²) < 4.78 is 1.36. The van der Waals surface area contributed by atoms with Gasteiger partial charge in [-0.2, -0.15) is 5.10 Å². The zero-order valence-corrected chi connectivity index (χ0v) is 14.8. The molecule has 0 fully saturated rings. The van der Waals surface area contributed by atoms with E-state index in [1.165, 1.54) is 22.4 Å². The van der Waals surface area contributed by atoms with Crippen molar-refractivity contribution in [1.82, 2.24) is 15.1 Å². The minimum Gasteiger partial charge on any atom is -0.347 e. The number of aromatic nitrogens is 2. The Labute approximate surface area is 142 Å². The number of carbonyl (C=O) groups excluding carboxylic acids is 1. The molecule has 0 aliphatic carbocycles. The van der Waals surface area contributed by atoms with Crippen LogP contribution in [0.3, 0.4) is 0 Å². The molecule has 5 heteroatoms. The number of unbranched alkanes of at least 4 members (excludes halogenated alkanes) is 1. The summed E-state index contributed by atoms with van der Waals surface area (Å²) in [4.78, 5) is 24.1. The Balaban J connectivity index is 2.12. The van der Waals surface area contributed by atoms with Gasteiger partial charge in [0.2, 0.25) is 0 Å². The standard InChI is InChI=1S/C19H25N3O2/c1-5-6-9-22-18(23)8-7-17(21-22)19(24)20-12-16-14(3)10-13(2)11-15(16)4/h7-8,10-11H,5-6,9,12H2,1-4H3,(H,20,24). The van der Waals surface area contributed by atoms with Crippen LogP contribution >= 0.6 is 0 Å². The largest absolute Gasteiger partial charge is 0.347 e. The van der Waals surface area contributed by atoms with Crippen molar-refractivity contribution in [2.75, 3.05) is 0 Å². The summed E-state index contributed by atoms with van der Waals surface area (Å²) in [5.41, 5.74) is 4.75. The number of rotatable bonds is 6. The van der Waals surface area contributed by atoms with Crippen LogP contribution in [0, 0.1) is 20.8 Å². The number of nitrogens with zero attached hydrogens (tertiary/aromatic N) is 2. The third kappa shape index (κ3) is 4.31. The van der Waals surface area contributed by atoms with Gasteiger partial charge in [0.15, 0.2) is 0 Å². The lowest BCUT2D eigenvalue weighted by atomic mass is 10.00. The van der Waals surface area contributed by atoms with Gasteiger partial charge in [0.05, 0.1) is 0 Å². The normalized spacial score (nSPS) is 10.7. The molecule has 24 heavy (non-hydrogen) atoms. The van der Waals surface area contributed by atoms with Crippen molar-refractivity contribution in [3.05, 3.63) is 62.6 Å². The van der Waals surface area contributed by atoms with Gasteiger partial charge in [-0.15, -0.1) is 0 Å². The van der Waals surface area contributed by atoms with Crippen molar-refractivity contribution >= 4 is 5.91 Å². The first-order valence-electron chi connectivity index (χ1n) is 8.35. The quantitative estimate of drug-likeness (QED) is 0.887. The molecule has 0 saturated carbocycles. The summed E-state index contributed by atoms with van der Waals surface area (Å²) in [6.07, 6.45) is 1.83. The monoisotopic (exact) mass is 327 g/mol. The topological polar surface area (TPSA) is 64.0 Å². The van der Waals surface area contributed by atoms with Crippen LogP contribution in [-0.4, -0.2) is 15.7 Å². The molecule has 2 rings (SSSR count). The molecule has 0 radical (unpaired) electrons. The summed E-state index contributed by atoms with van der Waals surface area (Å²) in [5, 5.41) is 7.08. The zero-order valence-electron chi connectivity index (χ0n) is 14.8. The van der Waals surface area contributed by atoms with E-state index in [1.54, 1.807) is 0 Å². The van der Waals surface area contributed by atoms with E-state index in [0.717, 1.165) is 29.5 Å². The second-order valence-corrected chi connectivity index (χ2v) is 6.19. The van der Waals surface area contributed by atoms with Crippen LogP contribution < -0.4 is 10.9 Å². The van der Waals surface area contributed by atoms with Gasteiger partial charge < -0.3 is 5.32 Å². The number of nitrogens with one attached hydrogen (secondary N) is 1. The molecule has 1 amide bonds. The molecule has 0 atom stereocenters. The van der Waals surface area contributed by atoms with Crippen molar-refractivity contribution < 1.29 is 4.79 Å². The molecular formula is C19H25N3O2. The van der Waals surface area contributed by atoms with Crippen LogP contribution in [0.15, 0.2) is 29.1 Å². The average molecular weight is 327 g/mol. The van der Waals surface area contributed by atoms with Crippen LogP contribution in [0.1, 0.15) is 52.5 Å². The second kappa shape index (κ2) is 7.90. The molecule has 1 N–H and O–H groups in total. The molecule has 0 unspecified atom stereocenters. The SMILES string of the molecule is CCCCn1nc(C(=O)NCc2c(C)cc(C)cc2C)ccc1=O. The maximum atomic E-state index is 12.4. The van der Waals surface area contributed by atoms with Crippen LogP contribution in [0.2, 0.25) is 0 Å². The summed E-state index contributed by atoms with van der Waals surface area (Å²) in [6, 6.07) is 7.10. The molecule has 0 bridgehead atoms. The maximum absolute atomic E-state index is 12.4. The fraction of sp³-hybridized carbons (Fsp3) is 0.421. The Morgan fingerprint density at radius 3 is 2.46 bits per heavy atom. The van der Waals surface area contributed by atoms with Crippen molar-refractivity contribution in [3.63, 3.8) is 0 Å². The van der Waals surface area contributed by atoms with Gasteiger partial charge in [-0.25, -0.2) is 4.68 Å². The van der Waals surface area contributed by atoms with E-state index in [1.807, 2.05) is 20.8 Å². The first-order valence-corrected chi connectivity index (χ1v) is 8.35. The van der Waals surface area contributed by atoms with Crippen molar-refractivity contribution in [3.8, 4) is 0 Å². The van der Waals surface area contributed by atoms with Crippen LogP contribution in [0.5, 0.6) is 0 Å². The number of amides is 1. The average Bonchev–Trinajstić information content (AvgIpc) is 2.52. The van der Waals surface area contributed by atoms with Gasteiger partial charge >= 0.3 is 0 Å². The second-order valence-electron chi connectivity index (χ2n) is 6.19. The first-order chi connectivity index (χ1) is 11.4. The molecule has 128 valence electrons. The lowest BCUT2D eigenvalue weighted by Gasteiger charge is -2.12. The summed E-state index contributed by atoms with van der Waals surface area (Å²) in [7, 11) is 0. The number of benzene rings is 1. The van der Waals surface area contributed by atoms with Crippen molar-refractivity contribution in [2.24, 2.45) is 0 Å². The molecule has 2 aromatic rings. The Bertz CT molecular complexity index is 770. The van der Waals surface area contributed by atoms with E-state index in [2.05, 4.69) is 29.5 Å². The third-order valence-electron chi connectivity index (χ3n) is 4.09. The van der Waals surface area contributed by atoms with E-state index < -0.39 is 0 Å². The molecule has 1 aromatic heterocycles. The number of aryl methyl sites for hydroxylation is 4. The van der Waals surface area contributed by atoms with Crippen molar-refractivity contribution in [1.29, 1.82) is 0 Å². The fourth-order valence-corrected chi connectivity index (χ4v) is 2.79. The first kappa shape index (κ1) is 17.9. The summed E-state index contributed by atoms with van der Waals surface area (Å²) in [5.74, 6) is -0.264. The minimum atomic E-state index is -0.264. The molecular weight excluding hydrogens is 302 g/mol. The van der Waals surface area contributed by atoms with Gasteiger partial charge in [-0.05, 0) is 49.9 Å². The van der Waals surface area contributed by atoms with E-state index in [0.29, 0.717) is 13.1 Å². The van der Waals surface area contributed by atoms with Gasteiger partial charge in [0.1, 0.15) is 5.69 Å². The lowest BCUT2D eigenvalue weighted by Crippen LogP contribution is -2.29. The highest BCUT2D eigenvalue weighted by atomic mass is 16.2. The van der Waals surface area contributed by atoms with Gasteiger partial charge in [-0.3, -0.25) is 9.59 Å². The Kier molecular flexibility index (Phi) is 5.90. The molecule has 0 saturated heterocycles. The minimum absolute atomic E-state index is 0.176. The molecule has 0 aliphatic rings. The van der Waals surface area contributed by atoms with Crippen molar-refractivity contribution in [2.45, 2.75) is 53.6 Å². The van der Waals surface area contributed by atoms with Gasteiger partial charge in [0, 0.05) is 19.2 Å². The lowest BCUT2D eigenvalue weighted by molar-refractivity contribution is 0.0943. The number of hydrogen-bond donors (Lipinski definition) is 1. The predicted octanol–water partition coefficient (Wildman–Crippen LogP) is 2.90. The Morgan fingerprint density at radius 1 is 1.17 bits per heavy atom. The maximum Gasteiger partial charge on any atom is 0.271 e. The van der Waals surface area contributed by atoms with Gasteiger partial charge in [-0.1, -0.05) is 31.0 Å². The van der Waals surface area contributed by atoms with Gasteiger partial charge in [0.25, 0.3) is 11.5 Å². The highest BCUT2D eigenvalue weighted by Crippen LogP contribution is 2.16. The molecule has 0 aliphatic heterocycles. The summed E-state index contributed by atoms with van der Waals surface area (Å²) >= 11 is 0. The molecule has 5 nitrogen and oxygen atoms in total. The van der Waals surface area contributed by atoms with E-state index in [9.17, 15) is 9.59 Å². The van der Waals surface area contributed by atoms with Crippen LogP contribution in [0.4, 0.5) is 0 Å². The van der Waals surface area contributed by atoms with E-state index in [4.69, 9.17) is 0 Å². The molecule has 1 aromatic carbocycles. The van der Waals surface area contributed by atoms with Crippen LogP contribution in [-0.2, 0) is 13.1 Å². The van der Waals surface area contributed by atoms with E-state index in [-0.39, 0.29) is 17.2 Å². The summed E-state index contributed by atoms with van der Waals surface area (Å²) in [6.45, 7) is 9.19. The number of hydrogen-bond acceptors (Lipinski definition) is 3. The highest BCUT2D eigenvalue weighted by Gasteiger charge is 2.11. The third-order valence-corrected chi connectivity index (χ3v) is 4.09. The highest BCUT2D eigenvalue weighted by molar-refractivity contribution is 5.92.